The van der Waals surface area contributed by atoms with Crippen molar-refractivity contribution < 1.29 is 5.11 Å². The highest BCUT2D eigenvalue weighted by molar-refractivity contribution is 5.47. The molecule has 68 valence electrons. The molecule has 0 fully saturated rings. The Kier molecular flexibility index (Phi) is 4.93. The average molecular weight is 167 g/mol. The molecule has 0 unspecified atom stereocenters. The Bertz CT molecular complexity index is 233. The smallest absolute Gasteiger partial charge is 0.120 e. The number of hydrogen-bond acceptors (Lipinski definition) is 2. The minimum Gasteiger partial charge on any atom is -0.508 e. The first-order valence-corrected chi connectivity index (χ1v) is 4.31. The number of aryl methyl sites for hydroxylation is 1. The largest absolute Gasteiger partial charge is 0.508 e. The molecule has 0 spiro atoms. The first-order chi connectivity index (χ1) is 5.74. The Balaban J connectivity index is 0.000000561. The fraction of sp³-hybridized carbons (Fsp3) is 0.400. The van der Waals surface area contributed by atoms with Gasteiger partial charge in [-0.1, -0.05) is 26.8 Å². The maximum absolute atomic E-state index is 9.21. The summed E-state index contributed by atoms with van der Waals surface area (Å²) in [6, 6.07) is 5.20. The molecular formula is C10H17NO. The standard InChI is InChI=1S/C8H11NO.C2H6/c1-2-6-3-4-7(9)5-8(6)10;1-2/h3-5,10H,2,9H2,1H3;1-2H3. The van der Waals surface area contributed by atoms with Crippen LogP contribution < -0.4 is 5.73 Å². The SMILES string of the molecule is CC.CCc1ccc(N)cc1O. The topological polar surface area (TPSA) is 46.2 Å². The molecule has 0 aliphatic carbocycles. The third-order valence-electron chi connectivity index (χ3n) is 1.49. The lowest BCUT2D eigenvalue weighted by Crippen LogP contribution is -1.86. The van der Waals surface area contributed by atoms with Gasteiger partial charge in [-0.3, -0.25) is 0 Å². The van der Waals surface area contributed by atoms with E-state index in [0.29, 0.717) is 11.4 Å². The number of nitrogens with two attached hydrogens (primary N) is 1. The Morgan fingerprint density at radius 2 is 1.92 bits per heavy atom. The van der Waals surface area contributed by atoms with Gasteiger partial charge in [0.25, 0.3) is 0 Å². The fourth-order valence-electron chi connectivity index (χ4n) is 0.880. The monoisotopic (exact) mass is 167 g/mol. The van der Waals surface area contributed by atoms with E-state index < -0.39 is 0 Å². The second kappa shape index (κ2) is 5.47. The van der Waals surface area contributed by atoms with E-state index >= 15 is 0 Å². The molecule has 2 nitrogen and oxygen atoms in total. The van der Waals surface area contributed by atoms with Gasteiger partial charge in [0.1, 0.15) is 5.75 Å². The Labute approximate surface area is 74.0 Å². The van der Waals surface area contributed by atoms with Crippen molar-refractivity contribution in [3.63, 3.8) is 0 Å². The molecule has 12 heavy (non-hydrogen) atoms. The van der Waals surface area contributed by atoms with Crippen molar-refractivity contribution in [2.75, 3.05) is 5.73 Å². The normalized spacial score (nSPS) is 8.58. The lowest BCUT2D eigenvalue weighted by atomic mass is 10.1. The van der Waals surface area contributed by atoms with Crippen LogP contribution in [-0.2, 0) is 6.42 Å². The minimum absolute atomic E-state index is 0.294. The second-order valence-electron chi connectivity index (χ2n) is 2.24. The summed E-state index contributed by atoms with van der Waals surface area (Å²) < 4.78 is 0. The Hall–Kier alpha value is -1.18. The zero-order valence-corrected chi connectivity index (χ0v) is 7.96. The van der Waals surface area contributed by atoms with E-state index in [1.165, 1.54) is 0 Å². The maximum atomic E-state index is 9.21. The van der Waals surface area contributed by atoms with Gasteiger partial charge in [-0.05, 0) is 18.1 Å². The molecule has 0 radical (unpaired) electrons. The molecule has 1 rings (SSSR count). The van der Waals surface area contributed by atoms with Gasteiger partial charge in [0, 0.05) is 11.8 Å². The summed E-state index contributed by atoms with van der Waals surface area (Å²) in [7, 11) is 0. The number of benzene rings is 1. The van der Waals surface area contributed by atoms with Crippen LogP contribution in [0.1, 0.15) is 26.3 Å². The zero-order chi connectivity index (χ0) is 9.56. The molecule has 0 saturated heterocycles. The summed E-state index contributed by atoms with van der Waals surface area (Å²) in [5.41, 5.74) is 6.97. The predicted octanol–water partition coefficient (Wildman–Crippen LogP) is 2.56. The molecule has 0 aliphatic heterocycles. The highest BCUT2D eigenvalue weighted by atomic mass is 16.3. The average Bonchev–Trinajstić information content (AvgIpc) is 2.08. The molecule has 0 bridgehead atoms. The van der Waals surface area contributed by atoms with Crippen LogP contribution in [0.5, 0.6) is 5.75 Å². The molecule has 3 N–H and O–H groups in total. The van der Waals surface area contributed by atoms with Gasteiger partial charge in [0.2, 0.25) is 0 Å². The fourth-order valence-corrected chi connectivity index (χ4v) is 0.880. The molecular weight excluding hydrogens is 150 g/mol. The van der Waals surface area contributed by atoms with E-state index in [-0.39, 0.29) is 0 Å². The van der Waals surface area contributed by atoms with Crippen molar-refractivity contribution in [3.8, 4) is 5.75 Å². The number of aromatic hydroxyl groups is 1. The second-order valence-corrected chi connectivity index (χ2v) is 2.24. The van der Waals surface area contributed by atoms with Crippen LogP contribution in [-0.4, -0.2) is 5.11 Å². The first kappa shape index (κ1) is 10.8. The molecule has 0 saturated carbocycles. The van der Waals surface area contributed by atoms with E-state index in [0.717, 1.165) is 12.0 Å². The third-order valence-corrected chi connectivity index (χ3v) is 1.49. The molecule has 0 aliphatic rings. The molecule has 2 heteroatoms. The summed E-state index contributed by atoms with van der Waals surface area (Å²) in [6.45, 7) is 5.99. The van der Waals surface area contributed by atoms with Gasteiger partial charge in [-0.2, -0.15) is 0 Å². The number of nitrogen functional groups attached to an aromatic ring is 1. The summed E-state index contributed by atoms with van der Waals surface area (Å²) in [4.78, 5) is 0. The van der Waals surface area contributed by atoms with Crippen LogP contribution in [0.15, 0.2) is 18.2 Å². The quantitative estimate of drug-likeness (QED) is 0.631. The van der Waals surface area contributed by atoms with Gasteiger partial charge in [0.15, 0.2) is 0 Å². The maximum Gasteiger partial charge on any atom is 0.120 e. The summed E-state index contributed by atoms with van der Waals surface area (Å²) in [6.07, 6.45) is 0.839. The van der Waals surface area contributed by atoms with Gasteiger partial charge in [-0.15, -0.1) is 0 Å². The summed E-state index contributed by atoms with van der Waals surface area (Å²) in [5, 5.41) is 9.21. The van der Waals surface area contributed by atoms with Gasteiger partial charge in [-0.25, -0.2) is 0 Å². The molecule has 0 amide bonds. The summed E-state index contributed by atoms with van der Waals surface area (Å²) in [5.74, 6) is 0.294. The highest BCUT2D eigenvalue weighted by Crippen LogP contribution is 2.19. The predicted molar refractivity (Wildman–Crippen MR) is 53.2 cm³/mol. The number of anilines is 1. The number of phenols is 1. The Morgan fingerprint density at radius 1 is 1.33 bits per heavy atom. The summed E-state index contributed by atoms with van der Waals surface area (Å²) >= 11 is 0. The van der Waals surface area contributed by atoms with Crippen LogP contribution in [0.2, 0.25) is 0 Å². The van der Waals surface area contributed by atoms with Crippen molar-refractivity contribution >= 4 is 5.69 Å². The highest BCUT2D eigenvalue weighted by Gasteiger charge is 1.96. The van der Waals surface area contributed by atoms with E-state index in [4.69, 9.17) is 5.73 Å². The van der Waals surface area contributed by atoms with Gasteiger partial charge < -0.3 is 10.8 Å². The van der Waals surface area contributed by atoms with Crippen LogP contribution in [0.25, 0.3) is 0 Å². The van der Waals surface area contributed by atoms with Gasteiger partial charge >= 0.3 is 0 Å². The van der Waals surface area contributed by atoms with Crippen molar-refractivity contribution in [2.45, 2.75) is 27.2 Å². The number of rotatable bonds is 1. The van der Waals surface area contributed by atoms with Crippen LogP contribution in [0, 0.1) is 0 Å². The molecule has 0 aromatic heterocycles. The van der Waals surface area contributed by atoms with Crippen LogP contribution in [0.3, 0.4) is 0 Å². The van der Waals surface area contributed by atoms with E-state index in [1.807, 2.05) is 26.8 Å². The van der Waals surface area contributed by atoms with Gasteiger partial charge in [0.05, 0.1) is 0 Å². The zero-order valence-electron chi connectivity index (χ0n) is 7.96. The van der Waals surface area contributed by atoms with Crippen LogP contribution in [0.4, 0.5) is 5.69 Å². The van der Waals surface area contributed by atoms with Crippen molar-refractivity contribution in [2.24, 2.45) is 0 Å². The van der Waals surface area contributed by atoms with Crippen molar-refractivity contribution in [1.29, 1.82) is 0 Å². The van der Waals surface area contributed by atoms with Crippen LogP contribution >= 0.6 is 0 Å². The minimum atomic E-state index is 0.294. The molecule has 1 aromatic rings. The number of phenolic OH excluding ortho intramolecular Hbond substituents is 1. The van der Waals surface area contributed by atoms with E-state index in [2.05, 4.69) is 0 Å². The van der Waals surface area contributed by atoms with E-state index in [1.54, 1.807) is 12.1 Å². The first-order valence-electron chi connectivity index (χ1n) is 4.31. The lowest BCUT2D eigenvalue weighted by Gasteiger charge is -2.00. The lowest BCUT2D eigenvalue weighted by molar-refractivity contribution is 0.469. The number of hydrogen-bond donors (Lipinski definition) is 2. The van der Waals surface area contributed by atoms with E-state index in [9.17, 15) is 5.11 Å². The molecule has 0 atom stereocenters. The third kappa shape index (κ3) is 2.82. The Morgan fingerprint density at radius 3 is 2.33 bits per heavy atom. The molecule has 1 aromatic carbocycles. The van der Waals surface area contributed by atoms with Crippen molar-refractivity contribution in [1.82, 2.24) is 0 Å². The van der Waals surface area contributed by atoms with Crippen molar-refractivity contribution in [3.05, 3.63) is 23.8 Å². The molecule has 0 heterocycles.